The summed E-state index contributed by atoms with van der Waals surface area (Å²) in [5, 5.41) is 4.30. The SMILES string of the molecule is COc1cc(OC)cc(C(NCc2ccccc2Cl)c2nccn2C)c1. The van der Waals surface area contributed by atoms with E-state index >= 15 is 0 Å². The highest BCUT2D eigenvalue weighted by atomic mass is 35.5. The molecular weight excluding hydrogens is 350 g/mol. The maximum atomic E-state index is 6.30. The monoisotopic (exact) mass is 371 g/mol. The second kappa shape index (κ2) is 8.25. The molecule has 5 nitrogen and oxygen atoms in total. The Hall–Kier alpha value is -2.50. The molecule has 0 fully saturated rings. The zero-order valence-corrected chi connectivity index (χ0v) is 15.8. The minimum absolute atomic E-state index is 0.143. The summed E-state index contributed by atoms with van der Waals surface area (Å²) in [5.74, 6) is 2.36. The fourth-order valence-electron chi connectivity index (χ4n) is 2.86. The van der Waals surface area contributed by atoms with Crippen LogP contribution in [0.15, 0.2) is 54.9 Å². The van der Waals surface area contributed by atoms with Crippen LogP contribution in [0.1, 0.15) is 23.0 Å². The second-order valence-corrected chi connectivity index (χ2v) is 6.35. The van der Waals surface area contributed by atoms with Gasteiger partial charge in [-0.1, -0.05) is 29.8 Å². The maximum absolute atomic E-state index is 6.30. The average molecular weight is 372 g/mol. The van der Waals surface area contributed by atoms with Gasteiger partial charge in [-0.05, 0) is 29.3 Å². The van der Waals surface area contributed by atoms with Gasteiger partial charge in [-0.15, -0.1) is 0 Å². The molecule has 3 aromatic rings. The molecule has 0 amide bonds. The lowest BCUT2D eigenvalue weighted by Gasteiger charge is -2.21. The highest BCUT2D eigenvalue weighted by molar-refractivity contribution is 6.31. The first-order valence-corrected chi connectivity index (χ1v) is 8.67. The lowest BCUT2D eigenvalue weighted by Crippen LogP contribution is -2.25. The molecule has 0 saturated heterocycles. The smallest absolute Gasteiger partial charge is 0.130 e. The quantitative estimate of drug-likeness (QED) is 0.682. The third-order valence-corrected chi connectivity index (χ3v) is 4.65. The number of aryl methyl sites for hydroxylation is 1. The van der Waals surface area contributed by atoms with Crippen molar-refractivity contribution in [3.05, 3.63) is 76.8 Å². The van der Waals surface area contributed by atoms with Gasteiger partial charge in [-0.25, -0.2) is 4.98 Å². The molecule has 0 bridgehead atoms. The molecule has 1 heterocycles. The van der Waals surface area contributed by atoms with Gasteiger partial charge >= 0.3 is 0 Å². The predicted octanol–water partition coefficient (Wildman–Crippen LogP) is 3.97. The van der Waals surface area contributed by atoms with Crippen LogP contribution < -0.4 is 14.8 Å². The number of nitrogens with zero attached hydrogens (tertiary/aromatic N) is 2. The van der Waals surface area contributed by atoms with E-state index in [0.29, 0.717) is 6.54 Å². The van der Waals surface area contributed by atoms with Crippen LogP contribution in [0.5, 0.6) is 11.5 Å². The first-order valence-electron chi connectivity index (χ1n) is 8.29. The molecule has 0 spiro atoms. The first-order chi connectivity index (χ1) is 12.6. The van der Waals surface area contributed by atoms with Crippen molar-refractivity contribution in [3.8, 4) is 11.5 Å². The molecule has 0 aliphatic rings. The van der Waals surface area contributed by atoms with Gasteiger partial charge in [0.2, 0.25) is 0 Å². The van der Waals surface area contributed by atoms with Gasteiger partial charge in [0.25, 0.3) is 0 Å². The number of imidazole rings is 1. The summed E-state index contributed by atoms with van der Waals surface area (Å²) in [6.07, 6.45) is 3.72. The van der Waals surface area contributed by atoms with Gasteiger partial charge in [0.1, 0.15) is 17.3 Å². The highest BCUT2D eigenvalue weighted by Crippen LogP contribution is 2.30. The van der Waals surface area contributed by atoms with Crippen molar-refractivity contribution in [2.75, 3.05) is 14.2 Å². The van der Waals surface area contributed by atoms with Crippen molar-refractivity contribution in [2.45, 2.75) is 12.6 Å². The van der Waals surface area contributed by atoms with Crippen LogP contribution in [-0.4, -0.2) is 23.8 Å². The minimum Gasteiger partial charge on any atom is -0.497 e. The second-order valence-electron chi connectivity index (χ2n) is 5.95. The number of aromatic nitrogens is 2. The van der Waals surface area contributed by atoms with Crippen molar-refractivity contribution in [1.82, 2.24) is 14.9 Å². The standard InChI is InChI=1S/C20H22ClN3O2/c1-24-9-8-22-20(24)19(23-13-14-6-4-5-7-18(14)21)15-10-16(25-2)12-17(11-15)26-3/h4-12,19,23H,13H2,1-3H3. The Labute approximate surface area is 158 Å². The van der Waals surface area contributed by atoms with Gasteiger partial charge in [0, 0.05) is 37.1 Å². The summed E-state index contributed by atoms with van der Waals surface area (Å²) in [5.41, 5.74) is 2.03. The summed E-state index contributed by atoms with van der Waals surface area (Å²) >= 11 is 6.30. The maximum Gasteiger partial charge on any atom is 0.130 e. The van der Waals surface area contributed by atoms with E-state index in [-0.39, 0.29) is 6.04 Å². The fraction of sp³-hybridized carbons (Fsp3) is 0.250. The van der Waals surface area contributed by atoms with Gasteiger partial charge in [0.05, 0.1) is 20.3 Å². The van der Waals surface area contributed by atoms with Crippen LogP contribution >= 0.6 is 11.6 Å². The lowest BCUT2D eigenvalue weighted by molar-refractivity contribution is 0.392. The van der Waals surface area contributed by atoms with Gasteiger partial charge in [-0.2, -0.15) is 0 Å². The van der Waals surface area contributed by atoms with E-state index < -0.39 is 0 Å². The highest BCUT2D eigenvalue weighted by Gasteiger charge is 2.20. The lowest BCUT2D eigenvalue weighted by atomic mass is 10.0. The fourth-order valence-corrected chi connectivity index (χ4v) is 3.07. The van der Waals surface area contributed by atoms with Crippen LogP contribution in [0.25, 0.3) is 0 Å². The molecule has 6 heteroatoms. The van der Waals surface area contributed by atoms with E-state index in [1.165, 1.54) is 0 Å². The summed E-state index contributed by atoms with van der Waals surface area (Å²) < 4.78 is 12.8. The van der Waals surface area contributed by atoms with Crippen molar-refractivity contribution >= 4 is 11.6 Å². The molecule has 1 atom stereocenters. The topological polar surface area (TPSA) is 48.3 Å². The Kier molecular flexibility index (Phi) is 5.81. The predicted molar refractivity (Wildman–Crippen MR) is 103 cm³/mol. The number of nitrogens with one attached hydrogen (secondary N) is 1. The number of halogens is 1. The number of methoxy groups -OCH3 is 2. The zero-order valence-electron chi connectivity index (χ0n) is 15.1. The molecule has 1 aromatic heterocycles. The van der Waals surface area contributed by atoms with Crippen molar-refractivity contribution in [3.63, 3.8) is 0 Å². The molecule has 1 unspecified atom stereocenters. The number of hydrogen-bond donors (Lipinski definition) is 1. The number of ether oxygens (including phenoxy) is 2. The molecule has 0 radical (unpaired) electrons. The Morgan fingerprint density at radius 1 is 1.12 bits per heavy atom. The Morgan fingerprint density at radius 3 is 2.38 bits per heavy atom. The Balaban J connectivity index is 1.97. The largest absolute Gasteiger partial charge is 0.497 e. The van der Waals surface area contributed by atoms with Gasteiger partial charge < -0.3 is 14.0 Å². The molecular formula is C20H22ClN3O2. The summed E-state index contributed by atoms with van der Waals surface area (Å²) in [7, 11) is 5.26. The van der Waals surface area contributed by atoms with E-state index in [1.54, 1.807) is 20.4 Å². The van der Waals surface area contributed by atoms with Crippen LogP contribution in [0, 0.1) is 0 Å². The Morgan fingerprint density at radius 2 is 1.81 bits per heavy atom. The summed E-state index contributed by atoms with van der Waals surface area (Å²) in [6, 6.07) is 13.5. The molecule has 0 saturated carbocycles. The average Bonchev–Trinajstić information content (AvgIpc) is 3.08. The van der Waals surface area contributed by atoms with Crippen molar-refractivity contribution in [2.24, 2.45) is 7.05 Å². The molecule has 2 aromatic carbocycles. The third-order valence-electron chi connectivity index (χ3n) is 4.28. The molecule has 136 valence electrons. The summed E-state index contributed by atoms with van der Waals surface area (Å²) in [6.45, 7) is 0.608. The first kappa shape index (κ1) is 18.3. The molecule has 0 aliphatic carbocycles. The van der Waals surface area contributed by atoms with E-state index in [0.717, 1.165) is 33.5 Å². The van der Waals surface area contributed by atoms with E-state index in [4.69, 9.17) is 21.1 Å². The van der Waals surface area contributed by atoms with Crippen LogP contribution in [0.4, 0.5) is 0 Å². The molecule has 0 aliphatic heterocycles. The number of hydrogen-bond acceptors (Lipinski definition) is 4. The third kappa shape index (κ3) is 4.00. The number of benzene rings is 2. The number of rotatable bonds is 7. The van der Waals surface area contributed by atoms with Crippen molar-refractivity contribution in [1.29, 1.82) is 0 Å². The molecule has 3 rings (SSSR count). The molecule has 26 heavy (non-hydrogen) atoms. The van der Waals surface area contributed by atoms with Crippen LogP contribution in [0.2, 0.25) is 5.02 Å². The normalized spacial score (nSPS) is 12.0. The van der Waals surface area contributed by atoms with Crippen LogP contribution in [-0.2, 0) is 13.6 Å². The van der Waals surface area contributed by atoms with Crippen molar-refractivity contribution < 1.29 is 9.47 Å². The van der Waals surface area contributed by atoms with E-state index in [2.05, 4.69) is 10.3 Å². The molecule has 1 N–H and O–H groups in total. The Bertz CT molecular complexity index is 857. The van der Waals surface area contributed by atoms with E-state index in [9.17, 15) is 0 Å². The minimum atomic E-state index is -0.143. The van der Waals surface area contributed by atoms with E-state index in [1.807, 2.05) is 60.3 Å². The summed E-state index contributed by atoms with van der Waals surface area (Å²) in [4.78, 5) is 4.52. The zero-order chi connectivity index (χ0) is 18.5. The van der Waals surface area contributed by atoms with Gasteiger partial charge in [-0.3, -0.25) is 5.32 Å². The van der Waals surface area contributed by atoms with Gasteiger partial charge in [0.15, 0.2) is 0 Å². The van der Waals surface area contributed by atoms with Crippen LogP contribution in [0.3, 0.4) is 0 Å².